The lowest BCUT2D eigenvalue weighted by Gasteiger charge is -2.17. The summed E-state index contributed by atoms with van der Waals surface area (Å²) in [5.74, 6) is 0.360. The van der Waals surface area contributed by atoms with Crippen LogP contribution in [0.4, 0.5) is 4.39 Å². The maximum atomic E-state index is 14.2. The van der Waals surface area contributed by atoms with Crippen molar-refractivity contribution in [2.45, 2.75) is 42.9 Å². The van der Waals surface area contributed by atoms with Crippen LogP contribution in [-0.2, 0) is 23.6 Å². The summed E-state index contributed by atoms with van der Waals surface area (Å²) in [5.41, 5.74) is 1.13. The van der Waals surface area contributed by atoms with Crippen molar-refractivity contribution in [1.82, 2.24) is 14.9 Å². The maximum Gasteiger partial charge on any atom is 0.262 e. The highest BCUT2D eigenvalue weighted by molar-refractivity contribution is 7.98. The van der Waals surface area contributed by atoms with Gasteiger partial charge < -0.3 is 14.5 Å². The number of amides is 1. The SMILES string of the molecule is O=C(NCc1ccco1)c1ccc2c(=O)n(CC3CCCO3)c(SCc3ccccc3F)nc2c1. The minimum atomic E-state index is -0.302. The molecule has 1 atom stereocenters. The molecule has 1 saturated heterocycles. The number of hydrogen-bond donors (Lipinski definition) is 1. The van der Waals surface area contributed by atoms with Crippen LogP contribution in [0.2, 0.25) is 0 Å². The Kier molecular flexibility index (Phi) is 6.96. The molecular weight excluding hydrogens is 469 g/mol. The Balaban J connectivity index is 1.46. The average Bonchev–Trinajstić information content (AvgIpc) is 3.58. The smallest absolute Gasteiger partial charge is 0.262 e. The number of carbonyl (C=O) groups is 1. The molecule has 0 aliphatic carbocycles. The Hall–Kier alpha value is -3.43. The van der Waals surface area contributed by atoms with Gasteiger partial charge in [-0.2, -0.15) is 0 Å². The van der Waals surface area contributed by atoms with Gasteiger partial charge in [0, 0.05) is 17.9 Å². The second kappa shape index (κ2) is 10.5. The molecule has 2 aromatic carbocycles. The number of ether oxygens (including phenoxy) is 1. The van der Waals surface area contributed by atoms with Gasteiger partial charge in [0.2, 0.25) is 0 Å². The summed E-state index contributed by atoms with van der Waals surface area (Å²) in [5, 5.41) is 3.69. The molecule has 1 aliphatic heterocycles. The van der Waals surface area contributed by atoms with Crippen LogP contribution in [0.5, 0.6) is 0 Å². The van der Waals surface area contributed by atoms with Crippen LogP contribution in [0.15, 0.2) is 75.2 Å². The fourth-order valence-electron chi connectivity index (χ4n) is 4.05. The summed E-state index contributed by atoms with van der Waals surface area (Å²) < 4.78 is 26.8. The Morgan fingerprint density at radius 2 is 2.09 bits per heavy atom. The van der Waals surface area contributed by atoms with E-state index in [0.29, 0.717) is 51.9 Å². The average molecular weight is 494 g/mol. The zero-order valence-corrected chi connectivity index (χ0v) is 19.7. The normalized spacial score (nSPS) is 15.5. The van der Waals surface area contributed by atoms with E-state index >= 15 is 0 Å². The minimum Gasteiger partial charge on any atom is -0.467 e. The summed E-state index contributed by atoms with van der Waals surface area (Å²) in [6, 6.07) is 14.9. The zero-order valence-electron chi connectivity index (χ0n) is 18.9. The molecule has 7 nitrogen and oxygen atoms in total. The van der Waals surface area contributed by atoms with Gasteiger partial charge in [0.1, 0.15) is 11.6 Å². The van der Waals surface area contributed by atoms with E-state index in [1.165, 1.54) is 17.8 Å². The Morgan fingerprint density at radius 1 is 1.20 bits per heavy atom. The number of fused-ring (bicyclic) bond motifs is 1. The van der Waals surface area contributed by atoms with Crippen molar-refractivity contribution in [3.63, 3.8) is 0 Å². The molecule has 0 bridgehead atoms. The van der Waals surface area contributed by atoms with Gasteiger partial charge in [0.15, 0.2) is 5.16 Å². The van der Waals surface area contributed by atoms with E-state index in [0.717, 1.165) is 12.8 Å². The Morgan fingerprint density at radius 3 is 2.86 bits per heavy atom. The standard InChI is InChI=1S/C26H24FN3O4S/c27-22-8-2-1-5-18(22)16-35-26-29-23-13-17(24(31)28-14-19-6-3-11-33-19)9-10-21(23)25(32)30(26)15-20-7-4-12-34-20/h1-3,5-6,8-11,13,20H,4,7,12,14-16H2,(H,28,31). The molecule has 5 rings (SSSR count). The van der Waals surface area contributed by atoms with Crippen LogP contribution >= 0.6 is 11.8 Å². The van der Waals surface area contributed by atoms with Crippen molar-refractivity contribution in [2.24, 2.45) is 0 Å². The highest BCUT2D eigenvalue weighted by Crippen LogP contribution is 2.25. The fraction of sp³-hybridized carbons (Fsp3) is 0.269. The number of furan rings is 1. The molecule has 3 heterocycles. The first-order valence-corrected chi connectivity index (χ1v) is 12.4. The Bertz CT molecular complexity index is 1400. The van der Waals surface area contributed by atoms with E-state index in [-0.39, 0.29) is 29.9 Å². The van der Waals surface area contributed by atoms with Crippen molar-refractivity contribution in [2.75, 3.05) is 6.61 Å². The number of nitrogens with zero attached hydrogens (tertiary/aromatic N) is 2. The van der Waals surface area contributed by atoms with Crippen molar-refractivity contribution in [3.05, 3.63) is 93.9 Å². The molecule has 1 unspecified atom stereocenters. The number of rotatable bonds is 8. The third-order valence-corrected chi connectivity index (χ3v) is 6.94. The van der Waals surface area contributed by atoms with Crippen LogP contribution in [0.1, 0.15) is 34.5 Å². The minimum absolute atomic E-state index is 0.0635. The molecule has 9 heteroatoms. The highest BCUT2D eigenvalue weighted by atomic mass is 32.2. The summed E-state index contributed by atoms with van der Waals surface area (Å²) in [7, 11) is 0. The summed E-state index contributed by atoms with van der Waals surface area (Å²) in [6.45, 7) is 1.31. The van der Waals surface area contributed by atoms with E-state index in [1.807, 2.05) is 0 Å². The molecule has 0 radical (unpaired) electrons. The lowest BCUT2D eigenvalue weighted by molar-refractivity contribution is 0.0937. The monoisotopic (exact) mass is 493 g/mol. The molecule has 2 aromatic heterocycles. The van der Waals surface area contributed by atoms with Crippen LogP contribution in [-0.4, -0.2) is 28.2 Å². The second-order valence-corrected chi connectivity index (χ2v) is 9.26. The molecule has 1 fully saturated rings. The summed E-state index contributed by atoms with van der Waals surface area (Å²) in [4.78, 5) is 30.8. The van der Waals surface area contributed by atoms with Crippen molar-refractivity contribution < 1.29 is 18.3 Å². The third kappa shape index (κ3) is 5.31. The van der Waals surface area contributed by atoms with E-state index in [9.17, 15) is 14.0 Å². The number of thioether (sulfide) groups is 1. The largest absolute Gasteiger partial charge is 0.467 e. The van der Waals surface area contributed by atoms with Crippen molar-refractivity contribution >= 4 is 28.6 Å². The van der Waals surface area contributed by atoms with E-state index in [1.54, 1.807) is 59.4 Å². The zero-order chi connectivity index (χ0) is 24.2. The number of aromatic nitrogens is 2. The van der Waals surface area contributed by atoms with Gasteiger partial charge in [-0.15, -0.1) is 0 Å². The lowest BCUT2D eigenvalue weighted by atomic mass is 10.1. The molecule has 1 amide bonds. The fourth-order valence-corrected chi connectivity index (χ4v) is 5.04. The lowest BCUT2D eigenvalue weighted by Crippen LogP contribution is -2.29. The molecule has 180 valence electrons. The van der Waals surface area contributed by atoms with Gasteiger partial charge in [0.05, 0.1) is 36.4 Å². The van der Waals surface area contributed by atoms with Crippen LogP contribution in [0.25, 0.3) is 10.9 Å². The van der Waals surface area contributed by atoms with Gasteiger partial charge in [-0.1, -0.05) is 30.0 Å². The van der Waals surface area contributed by atoms with Crippen molar-refractivity contribution in [3.8, 4) is 0 Å². The molecule has 0 saturated carbocycles. The third-order valence-electron chi connectivity index (χ3n) is 5.91. The molecule has 1 N–H and O–H groups in total. The number of halogens is 1. The second-order valence-electron chi connectivity index (χ2n) is 8.32. The predicted molar refractivity (Wildman–Crippen MR) is 131 cm³/mol. The Labute approximate surface area is 205 Å². The molecule has 1 aliphatic rings. The first kappa shape index (κ1) is 23.3. The maximum absolute atomic E-state index is 14.2. The first-order valence-electron chi connectivity index (χ1n) is 11.4. The van der Waals surface area contributed by atoms with Gasteiger partial charge in [-0.05, 0) is 54.8 Å². The highest BCUT2D eigenvalue weighted by Gasteiger charge is 2.21. The molecule has 4 aromatic rings. The van der Waals surface area contributed by atoms with E-state index in [2.05, 4.69) is 5.32 Å². The number of carbonyl (C=O) groups excluding carboxylic acids is 1. The first-order chi connectivity index (χ1) is 17.1. The molecular formula is C26H24FN3O4S. The summed E-state index contributed by atoms with van der Waals surface area (Å²) in [6.07, 6.45) is 3.31. The van der Waals surface area contributed by atoms with Gasteiger partial charge >= 0.3 is 0 Å². The van der Waals surface area contributed by atoms with E-state index in [4.69, 9.17) is 14.1 Å². The van der Waals surface area contributed by atoms with E-state index < -0.39 is 0 Å². The topological polar surface area (TPSA) is 86.4 Å². The number of benzene rings is 2. The number of nitrogens with one attached hydrogen (secondary N) is 1. The van der Waals surface area contributed by atoms with Gasteiger partial charge in [-0.3, -0.25) is 14.2 Å². The van der Waals surface area contributed by atoms with Crippen LogP contribution < -0.4 is 10.9 Å². The molecule has 35 heavy (non-hydrogen) atoms. The van der Waals surface area contributed by atoms with Gasteiger partial charge in [-0.25, -0.2) is 9.37 Å². The summed E-state index contributed by atoms with van der Waals surface area (Å²) >= 11 is 1.29. The van der Waals surface area contributed by atoms with Gasteiger partial charge in [0.25, 0.3) is 11.5 Å². The predicted octanol–water partition coefficient (Wildman–Crippen LogP) is 4.53. The van der Waals surface area contributed by atoms with Crippen LogP contribution in [0.3, 0.4) is 0 Å². The number of hydrogen-bond acceptors (Lipinski definition) is 6. The quantitative estimate of drug-likeness (QED) is 0.287. The van der Waals surface area contributed by atoms with Crippen LogP contribution in [0, 0.1) is 5.82 Å². The molecule has 0 spiro atoms. The van der Waals surface area contributed by atoms with Crippen molar-refractivity contribution in [1.29, 1.82) is 0 Å².